The van der Waals surface area contributed by atoms with Crippen LogP contribution in [0.5, 0.6) is 0 Å². The number of ether oxygens (including phenoxy) is 4. The molecule has 0 fully saturated rings. The lowest BCUT2D eigenvalue weighted by atomic mass is 10.0. The highest BCUT2D eigenvalue weighted by Gasteiger charge is 2.30. The molecule has 0 rings (SSSR count). The van der Waals surface area contributed by atoms with E-state index in [-0.39, 0.29) is 25.7 Å². The molecule has 3 N–H and O–H groups in total. The maximum Gasteiger partial charge on any atom is 0.472 e. The number of hydrogen-bond acceptors (Lipinski definition) is 15. The molecule has 0 aromatic carbocycles. The van der Waals surface area contributed by atoms with E-state index in [1.807, 2.05) is 0 Å². The number of hydrogen-bond donors (Lipinski definition) is 3. The van der Waals surface area contributed by atoms with E-state index in [1.165, 1.54) is 116 Å². The largest absolute Gasteiger partial charge is 0.472 e. The number of rotatable bonds is 74. The highest BCUT2D eigenvalue weighted by Crippen LogP contribution is 2.45. The van der Waals surface area contributed by atoms with Crippen LogP contribution in [0, 0.1) is 0 Å². The van der Waals surface area contributed by atoms with Crippen LogP contribution in [0.4, 0.5) is 0 Å². The van der Waals surface area contributed by atoms with Crippen molar-refractivity contribution < 1.29 is 80.2 Å². The van der Waals surface area contributed by atoms with Gasteiger partial charge in [0.15, 0.2) is 12.2 Å². The summed E-state index contributed by atoms with van der Waals surface area (Å²) in [5.41, 5.74) is 0. The number of carbonyl (C=O) groups is 4. The minimum atomic E-state index is -4.97. The summed E-state index contributed by atoms with van der Waals surface area (Å²) in [6.45, 7) is 4.72. The lowest BCUT2D eigenvalue weighted by Gasteiger charge is -2.21. The number of phosphoric acid groups is 2. The van der Waals surface area contributed by atoms with Gasteiger partial charge in [-0.3, -0.25) is 37.3 Å². The SMILES string of the molecule is CC/C=C\C/C=C\C/C=C\C/C=C\CCCCCCC(=O)OCC(COP(=O)(O)OCC(O)COP(=O)(O)OCC(COC(=O)CCCCCCC/C=C\CCCCCCCC)OC(=O)CCCCCCC/C=C\CCCC)OC(=O)CCCCCCCCCCCCCCCCC. The van der Waals surface area contributed by atoms with Gasteiger partial charge >= 0.3 is 39.5 Å². The first-order valence-corrected chi connectivity index (χ1v) is 42.2. The quantitative estimate of drug-likeness (QED) is 0.0169. The molecule has 0 saturated heterocycles. The number of aliphatic hydroxyl groups excluding tert-OH is 1. The molecule has 0 aromatic heterocycles. The Hall–Kier alpha value is -3.50. The van der Waals surface area contributed by atoms with Crippen molar-refractivity contribution in [2.24, 2.45) is 0 Å². The Kier molecular flexibility index (Phi) is 69.3. The smallest absolute Gasteiger partial charge is 0.462 e. The Balaban J connectivity index is 5.33. The van der Waals surface area contributed by atoms with Crippen LogP contribution in [0.15, 0.2) is 72.9 Å². The van der Waals surface area contributed by atoms with Crippen LogP contribution in [0.2, 0.25) is 0 Å². The maximum atomic E-state index is 13.1. The van der Waals surface area contributed by atoms with Gasteiger partial charge in [0, 0.05) is 25.7 Å². The molecular formula is C79H142O17P2. The highest BCUT2D eigenvalue weighted by molar-refractivity contribution is 7.47. The normalized spacial score (nSPS) is 14.3. The van der Waals surface area contributed by atoms with E-state index in [2.05, 4.69) is 101 Å². The monoisotopic (exact) mass is 1420 g/mol. The maximum absolute atomic E-state index is 13.1. The first kappa shape index (κ1) is 94.5. The number of allylic oxidation sites excluding steroid dienone is 12. The zero-order valence-corrected chi connectivity index (χ0v) is 64.0. The molecule has 0 spiro atoms. The lowest BCUT2D eigenvalue weighted by molar-refractivity contribution is -0.161. The molecule has 0 heterocycles. The zero-order valence-electron chi connectivity index (χ0n) is 62.2. The Morgan fingerprint density at radius 3 is 0.857 bits per heavy atom. The summed E-state index contributed by atoms with van der Waals surface area (Å²) >= 11 is 0. The fourth-order valence-electron chi connectivity index (χ4n) is 10.7. The fraction of sp³-hybridized carbons (Fsp3) is 0.797. The van der Waals surface area contributed by atoms with Gasteiger partial charge in [0.25, 0.3) is 0 Å². The molecule has 98 heavy (non-hydrogen) atoms. The molecule has 5 atom stereocenters. The second-order valence-corrected chi connectivity index (χ2v) is 29.2. The number of esters is 4. The van der Waals surface area contributed by atoms with Crippen molar-refractivity contribution in [1.82, 2.24) is 0 Å². The predicted molar refractivity (Wildman–Crippen MR) is 400 cm³/mol. The van der Waals surface area contributed by atoms with Gasteiger partial charge in [-0.1, -0.05) is 287 Å². The van der Waals surface area contributed by atoms with E-state index in [0.29, 0.717) is 25.7 Å². The first-order chi connectivity index (χ1) is 47.7. The number of unbranched alkanes of at least 4 members (excludes halogenated alkanes) is 36. The third-order valence-electron chi connectivity index (χ3n) is 16.7. The average molecular weight is 1430 g/mol. The minimum absolute atomic E-state index is 0.0856. The molecule has 0 amide bonds. The molecule has 19 heteroatoms. The van der Waals surface area contributed by atoms with Crippen molar-refractivity contribution in [2.75, 3.05) is 39.6 Å². The van der Waals surface area contributed by atoms with E-state index < -0.39 is 97.5 Å². The molecule has 0 aliphatic heterocycles. The minimum Gasteiger partial charge on any atom is -0.462 e. The third-order valence-corrected chi connectivity index (χ3v) is 18.6. The van der Waals surface area contributed by atoms with E-state index in [0.717, 1.165) is 154 Å². The van der Waals surface area contributed by atoms with Crippen LogP contribution in [-0.2, 0) is 65.4 Å². The van der Waals surface area contributed by atoms with Gasteiger partial charge in [0.1, 0.15) is 19.3 Å². The Bertz CT molecular complexity index is 2140. The third kappa shape index (κ3) is 70.9. The van der Waals surface area contributed by atoms with Gasteiger partial charge < -0.3 is 33.8 Å². The summed E-state index contributed by atoms with van der Waals surface area (Å²) < 4.78 is 68.5. The molecule has 0 aliphatic carbocycles. The molecule has 0 saturated carbocycles. The summed E-state index contributed by atoms with van der Waals surface area (Å²) in [6, 6.07) is 0. The number of carbonyl (C=O) groups excluding carboxylic acids is 4. The lowest BCUT2D eigenvalue weighted by Crippen LogP contribution is -2.30. The van der Waals surface area contributed by atoms with Crippen molar-refractivity contribution in [3.8, 4) is 0 Å². The van der Waals surface area contributed by atoms with Crippen LogP contribution >= 0.6 is 15.6 Å². The number of phosphoric ester groups is 2. The summed E-state index contributed by atoms with van der Waals surface area (Å²) in [5, 5.41) is 10.6. The van der Waals surface area contributed by atoms with Gasteiger partial charge in [-0.25, -0.2) is 9.13 Å². The van der Waals surface area contributed by atoms with Crippen LogP contribution in [0.25, 0.3) is 0 Å². The predicted octanol–water partition coefficient (Wildman–Crippen LogP) is 22.4. The Morgan fingerprint density at radius 2 is 0.541 bits per heavy atom. The Morgan fingerprint density at radius 1 is 0.296 bits per heavy atom. The topological polar surface area (TPSA) is 237 Å². The zero-order chi connectivity index (χ0) is 71.8. The molecule has 5 unspecified atom stereocenters. The van der Waals surface area contributed by atoms with Crippen molar-refractivity contribution in [3.05, 3.63) is 72.9 Å². The van der Waals surface area contributed by atoms with Crippen LogP contribution in [0.1, 0.15) is 349 Å². The molecule has 17 nitrogen and oxygen atoms in total. The van der Waals surface area contributed by atoms with E-state index in [9.17, 15) is 43.2 Å². The van der Waals surface area contributed by atoms with Gasteiger partial charge in [-0.05, 0) is 109 Å². The van der Waals surface area contributed by atoms with Crippen LogP contribution in [0.3, 0.4) is 0 Å². The van der Waals surface area contributed by atoms with Crippen LogP contribution in [-0.4, -0.2) is 96.7 Å². The molecule has 0 aromatic rings. The first-order valence-electron chi connectivity index (χ1n) is 39.2. The van der Waals surface area contributed by atoms with Crippen molar-refractivity contribution in [3.63, 3.8) is 0 Å². The van der Waals surface area contributed by atoms with Gasteiger partial charge in [0.05, 0.1) is 26.4 Å². The second-order valence-electron chi connectivity index (χ2n) is 26.3. The van der Waals surface area contributed by atoms with Gasteiger partial charge in [0.2, 0.25) is 0 Å². The molecule has 0 aliphatic rings. The summed E-state index contributed by atoms with van der Waals surface area (Å²) in [6.07, 6.45) is 71.7. The molecule has 0 radical (unpaired) electrons. The van der Waals surface area contributed by atoms with E-state index in [1.54, 1.807) is 0 Å². The Labute approximate surface area is 596 Å². The molecule has 0 bridgehead atoms. The average Bonchev–Trinajstić information content (AvgIpc) is 0.986. The van der Waals surface area contributed by atoms with Crippen LogP contribution < -0.4 is 0 Å². The van der Waals surface area contributed by atoms with Crippen molar-refractivity contribution in [1.29, 1.82) is 0 Å². The summed E-state index contributed by atoms with van der Waals surface area (Å²) in [4.78, 5) is 72.9. The number of aliphatic hydroxyl groups is 1. The second kappa shape index (κ2) is 71.9. The van der Waals surface area contributed by atoms with Crippen molar-refractivity contribution in [2.45, 2.75) is 367 Å². The van der Waals surface area contributed by atoms with E-state index >= 15 is 0 Å². The van der Waals surface area contributed by atoms with Gasteiger partial charge in [-0.15, -0.1) is 0 Å². The summed E-state index contributed by atoms with van der Waals surface area (Å²) in [5.74, 6) is -2.19. The van der Waals surface area contributed by atoms with Gasteiger partial charge in [-0.2, -0.15) is 0 Å². The molecular weight excluding hydrogens is 1280 g/mol. The standard InChI is InChI=1S/C79H142O17P2/c1-5-9-13-17-21-25-29-32-35-36-39-41-45-48-52-56-60-64-77(82)90-70-75(96-79(84)66-62-58-54-50-46-42-38-34-31-27-23-19-15-11-7-3)72-94-98(87,88)92-68-73(80)67-91-97(85,86)93-71-74(95-78(83)65-61-57-53-49-43-28-24-20-16-12-8-4)69-89-76(81)63-59-55-51-47-44-40-37-33-30-26-22-18-14-10-6-2/h9,13,20-21,24-25,32-33,35,37,39,41,73-75,80H,5-8,10-12,14-19,22-23,26-31,34,36,38,40,42-72H2,1-4H3,(H,85,86)(H,87,88)/b13-9-,24-20-,25-21-,35-32-,37-33-,41-39-. The summed E-state index contributed by atoms with van der Waals surface area (Å²) in [7, 11) is -9.95. The highest BCUT2D eigenvalue weighted by atomic mass is 31.2. The van der Waals surface area contributed by atoms with E-state index in [4.69, 9.17) is 37.0 Å². The molecule has 570 valence electrons. The fourth-order valence-corrected chi connectivity index (χ4v) is 12.2. The van der Waals surface area contributed by atoms with Crippen molar-refractivity contribution >= 4 is 39.5 Å².